The molecule has 1 atom stereocenters. The van der Waals surface area contributed by atoms with E-state index in [0.29, 0.717) is 29.0 Å². The van der Waals surface area contributed by atoms with Crippen molar-refractivity contribution < 1.29 is 18.7 Å². The van der Waals surface area contributed by atoms with Gasteiger partial charge in [-0.1, -0.05) is 28.9 Å². The molecule has 1 unspecified atom stereocenters. The Morgan fingerprint density at radius 3 is 2.67 bits per heavy atom. The first-order chi connectivity index (χ1) is 21.8. The van der Waals surface area contributed by atoms with Crippen molar-refractivity contribution in [1.29, 1.82) is 0 Å². The number of nitrogens with zero attached hydrogens (tertiary/aromatic N) is 5. The van der Waals surface area contributed by atoms with E-state index in [0.717, 1.165) is 64.5 Å². The molecule has 0 saturated carbocycles. The van der Waals surface area contributed by atoms with Crippen molar-refractivity contribution in [2.75, 3.05) is 24.6 Å². The van der Waals surface area contributed by atoms with Crippen molar-refractivity contribution >= 4 is 44.7 Å². The molecule has 4 aromatic rings. The number of ether oxygens (including phenoxy) is 2. The normalized spacial score (nSPS) is 15.7. The monoisotopic (exact) mass is 711 g/mol. The van der Waals surface area contributed by atoms with Crippen LogP contribution in [0.1, 0.15) is 88.1 Å². The SMILES string of the molecule is C=CCCC1(C)CCN(c2c(C(OC(C)(C)C)C(=O)OCC)c(C)nc3cc(-c4ncc(Cc5cc(F)ccc5Br)s4)nn23)CC1. The van der Waals surface area contributed by atoms with E-state index in [2.05, 4.69) is 39.3 Å². The van der Waals surface area contributed by atoms with Gasteiger partial charge in [0.25, 0.3) is 0 Å². The zero-order chi connectivity index (χ0) is 33.2. The Morgan fingerprint density at radius 1 is 1.26 bits per heavy atom. The molecule has 5 rings (SSSR count). The van der Waals surface area contributed by atoms with Crippen LogP contribution in [0.25, 0.3) is 16.3 Å². The predicted molar refractivity (Wildman–Crippen MR) is 185 cm³/mol. The van der Waals surface area contributed by atoms with Crippen LogP contribution in [0, 0.1) is 18.2 Å². The Balaban J connectivity index is 1.59. The summed E-state index contributed by atoms with van der Waals surface area (Å²) in [4.78, 5) is 26.4. The van der Waals surface area contributed by atoms with Crippen LogP contribution in [0.3, 0.4) is 0 Å². The topological polar surface area (TPSA) is 81.8 Å². The highest BCUT2D eigenvalue weighted by atomic mass is 79.9. The van der Waals surface area contributed by atoms with E-state index in [1.165, 1.54) is 23.5 Å². The molecule has 0 N–H and O–H groups in total. The molecular weight excluding hydrogens is 669 g/mol. The van der Waals surface area contributed by atoms with Gasteiger partial charge >= 0.3 is 5.97 Å². The van der Waals surface area contributed by atoms with Crippen LogP contribution in [0.4, 0.5) is 10.2 Å². The van der Waals surface area contributed by atoms with Gasteiger partial charge < -0.3 is 14.4 Å². The summed E-state index contributed by atoms with van der Waals surface area (Å²) in [7, 11) is 0. The zero-order valence-corrected chi connectivity index (χ0v) is 29.9. The van der Waals surface area contributed by atoms with Crippen LogP contribution in [0.15, 0.2) is 47.6 Å². The summed E-state index contributed by atoms with van der Waals surface area (Å²) in [6.07, 6.45) is 7.43. The molecule has 0 amide bonds. The van der Waals surface area contributed by atoms with Crippen molar-refractivity contribution in [2.24, 2.45) is 5.41 Å². The van der Waals surface area contributed by atoms with E-state index in [4.69, 9.17) is 19.6 Å². The number of allylic oxidation sites excluding steroid dienone is 1. The molecule has 1 fully saturated rings. The molecule has 0 bridgehead atoms. The van der Waals surface area contributed by atoms with Gasteiger partial charge in [0.15, 0.2) is 11.8 Å². The van der Waals surface area contributed by atoms with Crippen molar-refractivity contribution in [1.82, 2.24) is 19.6 Å². The number of anilines is 1. The molecule has 1 aromatic carbocycles. The number of fused-ring (bicyclic) bond motifs is 1. The number of rotatable bonds is 11. The second-order valence-corrected chi connectivity index (χ2v) is 15.2. The summed E-state index contributed by atoms with van der Waals surface area (Å²) < 4.78 is 28.6. The van der Waals surface area contributed by atoms with E-state index in [1.54, 1.807) is 13.0 Å². The van der Waals surface area contributed by atoms with E-state index in [9.17, 15) is 9.18 Å². The molecule has 8 nitrogen and oxygen atoms in total. The lowest BCUT2D eigenvalue weighted by atomic mass is 9.76. The Kier molecular flexibility index (Phi) is 10.3. The summed E-state index contributed by atoms with van der Waals surface area (Å²) in [5, 5.41) is 5.79. The van der Waals surface area contributed by atoms with Gasteiger partial charge in [-0.3, -0.25) is 0 Å². The summed E-state index contributed by atoms with van der Waals surface area (Å²) in [5.74, 6) is 0.0712. The minimum Gasteiger partial charge on any atom is -0.464 e. The summed E-state index contributed by atoms with van der Waals surface area (Å²) in [6, 6.07) is 6.63. The van der Waals surface area contributed by atoms with Crippen LogP contribution in [-0.4, -0.2) is 50.8 Å². The quantitative estimate of drug-likeness (QED) is 0.114. The first-order valence-corrected chi connectivity index (χ1v) is 17.4. The minimum atomic E-state index is -0.982. The Morgan fingerprint density at radius 2 is 2.00 bits per heavy atom. The number of thiazole rings is 1. The number of halogens is 2. The van der Waals surface area contributed by atoms with Gasteiger partial charge in [-0.25, -0.2) is 19.2 Å². The molecule has 3 aromatic heterocycles. The number of hydrogen-bond donors (Lipinski definition) is 0. The molecular formula is C35H43BrFN5O3S. The highest BCUT2D eigenvalue weighted by Gasteiger charge is 2.38. The third-order valence-electron chi connectivity index (χ3n) is 8.41. The largest absolute Gasteiger partial charge is 0.464 e. The molecule has 0 aliphatic carbocycles. The van der Waals surface area contributed by atoms with Crippen LogP contribution in [0.2, 0.25) is 0 Å². The van der Waals surface area contributed by atoms with Gasteiger partial charge in [0.1, 0.15) is 22.3 Å². The average molecular weight is 713 g/mol. The fourth-order valence-electron chi connectivity index (χ4n) is 5.96. The standard InChI is InChI=1S/C35H43BrFN5O3S/c1-8-10-13-35(7)14-16-41(17-15-35)32-29(30(33(43)44-9-2)45-34(4,5)6)22(3)39-28-20-27(40-42(28)32)31-38-21-25(46-31)19-23-18-24(37)11-12-26(23)36/h8,11-12,18,20-21,30H,1,9-10,13-17,19H2,2-7H3. The van der Waals surface area contributed by atoms with E-state index < -0.39 is 17.7 Å². The van der Waals surface area contributed by atoms with Gasteiger partial charge in [0.05, 0.1) is 17.8 Å². The van der Waals surface area contributed by atoms with Crippen molar-refractivity contribution in [2.45, 2.75) is 85.4 Å². The van der Waals surface area contributed by atoms with E-state index >= 15 is 0 Å². The van der Waals surface area contributed by atoms with Gasteiger partial charge in [0, 0.05) is 46.8 Å². The van der Waals surface area contributed by atoms with Crippen molar-refractivity contribution in [3.8, 4) is 10.7 Å². The molecule has 1 aliphatic rings. The van der Waals surface area contributed by atoms with Crippen molar-refractivity contribution in [3.63, 3.8) is 0 Å². The maximum absolute atomic E-state index is 13.9. The maximum Gasteiger partial charge on any atom is 0.340 e. The molecule has 0 radical (unpaired) electrons. The number of benzene rings is 1. The fourth-order valence-corrected chi connectivity index (χ4v) is 7.24. The summed E-state index contributed by atoms with van der Waals surface area (Å²) >= 11 is 5.05. The number of carbonyl (C=O) groups is 1. The summed E-state index contributed by atoms with van der Waals surface area (Å²) in [6.45, 7) is 17.6. The first-order valence-electron chi connectivity index (χ1n) is 15.8. The molecule has 246 valence electrons. The predicted octanol–water partition coefficient (Wildman–Crippen LogP) is 8.65. The number of hydrogen-bond acceptors (Lipinski definition) is 8. The van der Waals surface area contributed by atoms with Gasteiger partial charge in [0.2, 0.25) is 0 Å². The number of carbonyl (C=O) groups excluding carboxylic acids is 1. The van der Waals surface area contributed by atoms with E-state index in [-0.39, 0.29) is 17.8 Å². The second-order valence-electron chi connectivity index (χ2n) is 13.3. The molecule has 1 aliphatic heterocycles. The van der Waals surface area contributed by atoms with Crippen LogP contribution in [0.5, 0.6) is 0 Å². The number of piperidine rings is 1. The summed E-state index contributed by atoms with van der Waals surface area (Å²) in [5.41, 5.74) is 3.13. The van der Waals surface area contributed by atoms with Crippen LogP contribution >= 0.6 is 27.3 Å². The number of aromatic nitrogens is 4. The number of esters is 1. The zero-order valence-electron chi connectivity index (χ0n) is 27.5. The number of aryl methyl sites for hydroxylation is 1. The van der Waals surface area contributed by atoms with Gasteiger partial charge in [-0.15, -0.1) is 17.9 Å². The fraction of sp³-hybridized carbons (Fsp3) is 0.486. The van der Waals surface area contributed by atoms with Crippen LogP contribution in [-0.2, 0) is 20.7 Å². The Hall–Kier alpha value is -3.15. The lowest BCUT2D eigenvalue weighted by Crippen LogP contribution is -2.41. The average Bonchev–Trinajstić information content (AvgIpc) is 3.63. The Bertz CT molecular complexity index is 1720. The molecule has 11 heteroatoms. The third-order valence-corrected chi connectivity index (χ3v) is 10.2. The maximum atomic E-state index is 13.9. The molecule has 46 heavy (non-hydrogen) atoms. The molecule has 4 heterocycles. The molecule has 0 spiro atoms. The smallest absolute Gasteiger partial charge is 0.340 e. The van der Waals surface area contributed by atoms with Gasteiger partial charge in [-0.2, -0.15) is 9.61 Å². The van der Waals surface area contributed by atoms with E-state index in [1.807, 2.05) is 50.5 Å². The van der Waals surface area contributed by atoms with Gasteiger partial charge in [-0.05, 0) is 89.5 Å². The molecule has 1 saturated heterocycles. The second kappa shape index (κ2) is 13.9. The lowest BCUT2D eigenvalue weighted by Gasteiger charge is -2.41. The highest BCUT2D eigenvalue weighted by molar-refractivity contribution is 9.10. The van der Waals surface area contributed by atoms with Crippen LogP contribution < -0.4 is 4.90 Å². The first kappa shape index (κ1) is 34.2. The lowest BCUT2D eigenvalue weighted by molar-refractivity contribution is -0.166. The van der Waals surface area contributed by atoms with Crippen molar-refractivity contribution in [3.05, 3.63) is 75.1 Å². The Labute approximate surface area is 283 Å². The third kappa shape index (κ3) is 7.69. The minimum absolute atomic E-state index is 0.206. The highest BCUT2D eigenvalue weighted by Crippen LogP contribution is 2.41.